The lowest BCUT2D eigenvalue weighted by Gasteiger charge is -2.07. The summed E-state index contributed by atoms with van der Waals surface area (Å²) in [6, 6.07) is 6.23. The molecule has 1 aromatic carbocycles. The van der Waals surface area contributed by atoms with Gasteiger partial charge in [-0.15, -0.1) is 0 Å². The third-order valence-electron chi connectivity index (χ3n) is 1.75. The number of rotatable bonds is 3. The molecule has 0 aliphatic carbocycles. The van der Waals surface area contributed by atoms with Crippen LogP contribution in [0.15, 0.2) is 18.2 Å². The summed E-state index contributed by atoms with van der Waals surface area (Å²) < 4.78 is 5.50. The third-order valence-corrected chi connectivity index (χ3v) is 1.75. The first kappa shape index (κ1) is 9.07. The maximum atomic E-state index is 5.50. The van der Waals surface area contributed by atoms with Crippen LogP contribution < -0.4 is 10.5 Å². The molecule has 0 unspecified atom stereocenters. The van der Waals surface area contributed by atoms with E-state index in [1.165, 1.54) is 11.1 Å². The highest BCUT2D eigenvalue weighted by molar-refractivity contribution is 5.35. The Labute approximate surface area is 73.3 Å². The molecule has 0 saturated carbocycles. The van der Waals surface area contributed by atoms with Crippen LogP contribution in [-0.2, 0) is 0 Å². The molecule has 0 aliphatic heterocycles. The zero-order chi connectivity index (χ0) is 8.97. The summed E-state index contributed by atoms with van der Waals surface area (Å²) in [5.41, 5.74) is 6.15. The molecular weight excluding hydrogens is 150 g/mol. The van der Waals surface area contributed by atoms with Crippen molar-refractivity contribution in [2.75, 3.05) is 13.2 Å². The number of hydrogen-bond acceptors (Lipinski definition) is 1. The van der Waals surface area contributed by atoms with Crippen LogP contribution in [0.3, 0.4) is 0 Å². The minimum atomic E-state index is 0.699. The fourth-order valence-electron chi connectivity index (χ4n) is 1.04. The molecule has 0 aliphatic rings. The smallest absolute Gasteiger partial charge is 0.137 e. The topological polar surface area (TPSA) is 36.9 Å². The zero-order valence-corrected chi connectivity index (χ0v) is 7.76. The van der Waals surface area contributed by atoms with Crippen LogP contribution in [0.25, 0.3) is 0 Å². The van der Waals surface area contributed by atoms with Crippen molar-refractivity contribution in [3.05, 3.63) is 29.3 Å². The summed E-state index contributed by atoms with van der Waals surface area (Å²) in [6.07, 6.45) is 0. The highest BCUT2D eigenvalue weighted by atomic mass is 16.5. The van der Waals surface area contributed by atoms with E-state index in [1.807, 2.05) is 0 Å². The molecule has 0 amide bonds. The molecule has 0 spiro atoms. The van der Waals surface area contributed by atoms with Crippen molar-refractivity contribution in [1.29, 1.82) is 0 Å². The van der Waals surface area contributed by atoms with E-state index in [-0.39, 0.29) is 0 Å². The van der Waals surface area contributed by atoms with Crippen LogP contribution >= 0.6 is 0 Å². The summed E-state index contributed by atoms with van der Waals surface area (Å²) in [5, 5.41) is 0. The van der Waals surface area contributed by atoms with Crippen molar-refractivity contribution in [3.63, 3.8) is 0 Å². The van der Waals surface area contributed by atoms with Gasteiger partial charge >= 0.3 is 0 Å². The molecule has 0 fully saturated rings. The normalized spacial score (nSPS) is 9.92. The fraction of sp³-hybridized carbons (Fsp3) is 0.400. The van der Waals surface area contributed by atoms with Crippen molar-refractivity contribution in [2.45, 2.75) is 13.8 Å². The summed E-state index contributed by atoms with van der Waals surface area (Å²) in [6.45, 7) is 5.63. The number of quaternary nitrogens is 1. The van der Waals surface area contributed by atoms with E-state index in [0.717, 1.165) is 12.3 Å². The highest BCUT2D eigenvalue weighted by Gasteiger charge is 1.98. The van der Waals surface area contributed by atoms with E-state index >= 15 is 0 Å². The van der Waals surface area contributed by atoms with Crippen molar-refractivity contribution in [1.82, 2.24) is 0 Å². The quantitative estimate of drug-likeness (QED) is 0.712. The van der Waals surface area contributed by atoms with E-state index in [9.17, 15) is 0 Å². The Balaban J connectivity index is 2.75. The fourth-order valence-corrected chi connectivity index (χ4v) is 1.04. The average Bonchev–Trinajstić information content (AvgIpc) is 2.07. The van der Waals surface area contributed by atoms with Gasteiger partial charge in [0, 0.05) is 0 Å². The number of benzene rings is 1. The summed E-state index contributed by atoms with van der Waals surface area (Å²) in [4.78, 5) is 0. The third kappa shape index (κ3) is 2.24. The lowest BCUT2D eigenvalue weighted by Crippen LogP contribution is -2.52. The van der Waals surface area contributed by atoms with Gasteiger partial charge in [0.05, 0.1) is 0 Å². The van der Waals surface area contributed by atoms with Crippen LogP contribution in [-0.4, -0.2) is 13.2 Å². The second-order valence-electron chi connectivity index (χ2n) is 2.97. The summed E-state index contributed by atoms with van der Waals surface area (Å²) in [5.74, 6) is 0.985. The Hall–Kier alpha value is -1.02. The maximum Gasteiger partial charge on any atom is 0.137 e. The standard InChI is InChI=1S/C10H15NO/c1-8-3-4-9(2)10(7-8)12-6-5-11/h3-4,7H,5-6,11H2,1-2H3/p+1. The molecule has 12 heavy (non-hydrogen) atoms. The first-order chi connectivity index (χ1) is 5.74. The molecule has 66 valence electrons. The van der Waals surface area contributed by atoms with Gasteiger partial charge in [0.2, 0.25) is 0 Å². The van der Waals surface area contributed by atoms with Gasteiger partial charge in [-0.2, -0.15) is 0 Å². The van der Waals surface area contributed by atoms with E-state index in [4.69, 9.17) is 4.74 Å². The molecule has 0 atom stereocenters. The first-order valence-corrected chi connectivity index (χ1v) is 4.23. The lowest BCUT2D eigenvalue weighted by atomic mass is 10.1. The van der Waals surface area contributed by atoms with Gasteiger partial charge in [-0.05, 0) is 31.0 Å². The van der Waals surface area contributed by atoms with Crippen LogP contribution in [0.4, 0.5) is 0 Å². The van der Waals surface area contributed by atoms with E-state index in [2.05, 4.69) is 37.8 Å². The molecule has 0 aromatic heterocycles. The highest BCUT2D eigenvalue weighted by Crippen LogP contribution is 2.18. The minimum Gasteiger partial charge on any atom is -0.487 e. The van der Waals surface area contributed by atoms with E-state index in [1.54, 1.807) is 0 Å². The molecule has 0 radical (unpaired) electrons. The Kier molecular flexibility index (Phi) is 3.11. The van der Waals surface area contributed by atoms with Crippen molar-refractivity contribution in [2.24, 2.45) is 0 Å². The van der Waals surface area contributed by atoms with Crippen molar-refractivity contribution in [3.8, 4) is 5.75 Å². The summed E-state index contributed by atoms with van der Waals surface area (Å²) in [7, 11) is 0. The minimum absolute atomic E-state index is 0.699. The predicted molar refractivity (Wildman–Crippen MR) is 49.2 cm³/mol. The van der Waals surface area contributed by atoms with Crippen LogP contribution in [0.1, 0.15) is 11.1 Å². The molecule has 2 heteroatoms. The molecule has 1 rings (SSSR count). The Morgan fingerprint density at radius 1 is 1.33 bits per heavy atom. The maximum absolute atomic E-state index is 5.50. The second-order valence-corrected chi connectivity index (χ2v) is 2.97. The van der Waals surface area contributed by atoms with Crippen molar-refractivity contribution < 1.29 is 10.5 Å². The predicted octanol–water partition coefficient (Wildman–Crippen LogP) is 0.924. The van der Waals surface area contributed by atoms with E-state index in [0.29, 0.717) is 6.61 Å². The van der Waals surface area contributed by atoms with Gasteiger partial charge in [0.1, 0.15) is 18.9 Å². The number of hydrogen-bond donors (Lipinski definition) is 1. The monoisotopic (exact) mass is 166 g/mol. The van der Waals surface area contributed by atoms with Crippen molar-refractivity contribution >= 4 is 0 Å². The molecular formula is C10H16NO+. The van der Waals surface area contributed by atoms with Crippen LogP contribution in [0.5, 0.6) is 5.75 Å². The van der Waals surface area contributed by atoms with Gasteiger partial charge in [0.25, 0.3) is 0 Å². The van der Waals surface area contributed by atoms with Gasteiger partial charge in [-0.1, -0.05) is 12.1 Å². The van der Waals surface area contributed by atoms with Gasteiger partial charge < -0.3 is 10.5 Å². The number of ether oxygens (including phenoxy) is 1. The van der Waals surface area contributed by atoms with Gasteiger partial charge in [-0.3, -0.25) is 0 Å². The Morgan fingerprint density at radius 2 is 2.08 bits per heavy atom. The Morgan fingerprint density at radius 3 is 2.75 bits per heavy atom. The molecule has 2 nitrogen and oxygen atoms in total. The zero-order valence-electron chi connectivity index (χ0n) is 7.76. The van der Waals surface area contributed by atoms with Crippen LogP contribution in [0.2, 0.25) is 0 Å². The van der Waals surface area contributed by atoms with E-state index < -0.39 is 0 Å². The molecule has 0 saturated heterocycles. The first-order valence-electron chi connectivity index (χ1n) is 4.23. The summed E-state index contributed by atoms with van der Waals surface area (Å²) >= 11 is 0. The molecule has 0 heterocycles. The van der Waals surface area contributed by atoms with Gasteiger partial charge in [-0.25, -0.2) is 0 Å². The van der Waals surface area contributed by atoms with Crippen LogP contribution in [0, 0.1) is 13.8 Å². The van der Waals surface area contributed by atoms with Gasteiger partial charge in [0.15, 0.2) is 0 Å². The second kappa shape index (κ2) is 4.12. The SMILES string of the molecule is Cc1ccc(C)c(OCC[NH3+])c1. The largest absolute Gasteiger partial charge is 0.487 e. The Bertz CT molecular complexity index is 258. The molecule has 0 bridgehead atoms. The average molecular weight is 166 g/mol. The lowest BCUT2D eigenvalue weighted by molar-refractivity contribution is -0.370. The molecule has 3 N–H and O–H groups in total. The molecule has 1 aromatic rings. The number of aryl methyl sites for hydroxylation is 2.